The van der Waals surface area contributed by atoms with E-state index in [0.717, 1.165) is 14.3 Å². The van der Waals surface area contributed by atoms with Crippen molar-refractivity contribution < 1.29 is 21.9 Å². The third-order valence-corrected chi connectivity index (χ3v) is 5.00. The molecule has 118 valence electrons. The van der Waals surface area contributed by atoms with Gasteiger partial charge in [-0.2, -0.15) is 30.7 Å². The van der Waals surface area contributed by atoms with Crippen LogP contribution in [0.25, 0.3) is 11.0 Å². The van der Waals surface area contributed by atoms with Crippen LogP contribution in [0.1, 0.15) is 5.82 Å². The minimum Gasteiger partial charge on any atom is -0.435 e. The summed E-state index contributed by atoms with van der Waals surface area (Å²) < 4.78 is 55.3. The summed E-state index contributed by atoms with van der Waals surface area (Å²) in [7, 11) is -1.42. The number of alkyl halides is 2. The predicted molar refractivity (Wildman–Crippen MR) is 76.8 cm³/mol. The van der Waals surface area contributed by atoms with E-state index in [1.807, 2.05) is 0 Å². The van der Waals surface area contributed by atoms with Crippen molar-refractivity contribution in [2.75, 3.05) is 14.1 Å². The summed E-state index contributed by atoms with van der Waals surface area (Å²) in [5.74, 6) is -0.593. The molecule has 22 heavy (non-hydrogen) atoms. The number of hydrogen-bond donors (Lipinski definition) is 0. The Morgan fingerprint density at radius 1 is 1.45 bits per heavy atom. The zero-order valence-corrected chi connectivity index (χ0v) is 13.7. The van der Waals surface area contributed by atoms with Crippen LogP contribution in [-0.4, -0.2) is 42.4 Å². The van der Waals surface area contributed by atoms with Crippen molar-refractivity contribution in [2.45, 2.75) is 6.61 Å². The lowest BCUT2D eigenvalue weighted by Crippen LogP contribution is -2.29. The topological polar surface area (TPSA) is 88.2 Å². The second-order valence-electron chi connectivity index (χ2n) is 4.25. The lowest BCUT2D eigenvalue weighted by atomic mass is 10.3. The van der Waals surface area contributed by atoms with E-state index in [4.69, 9.17) is 5.26 Å². The van der Waals surface area contributed by atoms with E-state index >= 15 is 0 Å². The molecule has 0 aliphatic carbocycles. The molecule has 1 heterocycles. The molecule has 0 fully saturated rings. The quantitative estimate of drug-likeness (QED) is 0.790. The lowest BCUT2D eigenvalue weighted by molar-refractivity contribution is -0.0497. The smallest absolute Gasteiger partial charge is 0.387 e. The molecule has 0 spiro atoms. The maximum absolute atomic E-state index is 12.3. The molecule has 0 atom stereocenters. The molecule has 11 heteroatoms. The summed E-state index contributed by atoms with van der Waals surface area (Å²) in [6.45, 7) is -3.03. The molecule has 2 aromatic rings. The van der Waals surface area contributed by atoms with Gasteiger partial charge in [0.25, 0.3) is 0 Å². The van der Waals surface area contributed by atoms with Gasteiger partial charge < -0.3 is 4.74 Å². The van der Waals surface area contributed by atoms with Crippen molar-refractivity contribution >= 4 is 37.2 Å². The largest absolute Gasteiger partial charge is 0.435 e. The molecule has 1 aromatic heterocycles. The first-order chi connectivity index (χ1) is 10.2. The Kier molecular flexibility index (Phi) is 4.37. The van der Waals surface area contributed by atoms with Crippen molar-refractivity contribution in [1.29, 1.82) is 5.26 Å². The summed E-state index contributed by atoms with van der Waals surface area (Å²) >= 11 is 3.09. The number of hydrogen-bond acceptors (Lipinski definition) is 5. The Bertz CT molecular complexity index is 874. The molecule has 1 aromatic carbocycles. The monoisotopic (exact) mass is 394 g/mol. The van der Waals surface area contributed by atoms with Crippen LogP contribution in [0, 0.1) is 11.3 Å². The zero-order valence-electron chi connectivity index (χ0n) is 11.3. The average molecular weight is 395 g/mol. The molecule has 2 rings (SSSR count). The summed E-state index contributed by atoms with van der Waals surface area (Å²) in [6, 6.07) is 3.98. The van der Waals surface area contributed by atoms with Crippen molar-refractivity contribution in [3.05, 3.63) is 22.4 Å². The van der Waals surface area contributed by atoms with Crippen LogP contribution in [0.3, 0.4) is 0 Å². The van der Waals surface area contributed by atoms with Gasteiger partial charge in [-0.1, -0.05) is 0 Å². The number of ether oxygens (including phenoxy) is 1. The van der Waals surface area contributed by atoms with Gasteiger partial charge in [0, 0.05) is 24.6 Å². The van der Waals surface area contributed by atoms with Gasteiger partial charge in [-0.15, -0.1) is 0 Å². The number of benzene rings is 1. The molecular formula is C11H9BrF2N4O3S. The van der Waals surface area contributed by atoms with Gasteiger partial charge in [-0.25, -0.2) is 4.98 Å². The minimum atomic E-state index is -4.02. The average Bonchev–Trinajstić information content (AvgIpc) is 2.77. The standard InChI is InChI=1S/C11H9BrF2N4O3S/c1-17(2)22(19,20)18-9(5-15)16-8-4-6(21-11(13)14)3-7(12)10(8)18/h3-4,11H,1-2H3. The van der Waals surface area contributed by atoms with Gasteiger partial charge in [0.2, 0.25) is 5.82 Å². The number of imidazole rings is 1. The van der Waals surface area contributed by atoms with Crippen molar-refractivity contribution in [1.82, 2.24) is 13.3 Å². The Hall–Kier alpha value is -1.77. The van der Waals surface area contributed by atoms with Crippen LogP contribution < -0.4 is 4.74 Å². The molecule has 0 radical (unpaired) electrons. The van der Waals surface area contributed by atoms with Crippen LogP contribution >= 0.6 is 15.9 Å². The minimum absolute atomic E-state index is 0.0343. The van der Waals surface area contributed by atoms with Gasteiger partial charge in [0.1, 0.15) is 17.3 Å². The molecule has 0 amide bonds. The number of nitrogens with zero attached hydrogens (tertiary/aromatic N) is 4. The number of nitriles is 1. The highest BCUT2D eigenvalue weighted by atomic mass is 79.9. The van der Waals surface area contributed by atoms with Crippen LogP contribution in [0.15, 0.2) is 16.6 Å². The fourth-order valence-corrected chi connectivity index (χ4v) is 3.51. The van der Waals surface area contributed by atoms with Crippen LogP contribution in [0.2, 0.25) is 0 Å². The summed E-state index contributed by atoms with van der Waals surface area (Å²) in [5, 5.41) is 9.09. The number of aromatic nitrogens is 2. The summed E-state index contributed by atoms with van der Waals surface area (Å²) in [4.78, 5) is 3.85. The van der Waals surface area contributed by atoms with Crippen molar-refractivity contribution in [2.24, 2.45) is 0 Å². The number of fused-ring (bicyclic) bond motifs is 1. The van der Waals surface area contributed by atoms with Gasteiger partial charge >= 0.3 is 16.8 Å². The molecule has 0 aliphatic heterocycles. The molecule has 0 saturated carbocycles. The van der Waals surface area contributed by atoms with Crippen LogP contribution in [0.5, 0.6) is 5.75 Å². The van der Waals surface area contributed by atoms with Crippen LogP contribution in [-0.2, 0) is 10.2 Å². The van der Waals surface area contributed by atoms with Gasteiger partial charge in [-0.05, 0) is 22.0 Å². The molecule has 0 bridgehead atoms. The Morgan fingerprint density at radius 3 is 2.59 bits per heavy atom. The second kappa shape index (κ2) is 5.79. The Labute approximate surface area is 133 Å². The molecule has 0 N–H and O–H groups in total. The zero-order chi connectivity index (χ0) is 16.7. The van der Waals surface area contributed by atoms with Gasteiger partial charge in [0.05, 0.1) is 5.52 Å². The summed E-state index contributed by atoms with van der Waals surface area (Å²) in [6.07, 6.45) is 0. The lowest BCUT2D eigenvalue weighted by Gasteiger charge is -2.14. The van der Waals surface area contributed by atoms with Crippen molar-refractivity contribution in [3.63, 3.8) is 0 Å². The molecular weight excluding hydrogens is 386 g/mol. The molecule has 0 aliphatic rings. The fourth-order valence-electron chi connectivity index (χ4n) is 1.74. The summed E-state index contributed by atoms with van der Waals surface area (Å²) in [5.41, 5.74) is 0.0962. The van der Waals surface area contributed by atoms with Gasteiger partial charge in [-0.3, -0.25) is 0 Å². The van der Waals surface area contributed by atoms with E-state index in [-0.39, 0.29) is 21.3 Å². The highest BCUT2D eigenvalue weighted by Crippen LogP contribution is 2.32. The first-order valence-electron chi connectivity index (χ1n) is 5.68. The van der Waals surface area contributed by atoms with Gasteiger partial charge in [0.15, 0.2) is 0 Å². The highest BCUT2D eigenvalue weighted by Gasteiger charge is 2.26. The SMILES string of the molecule is CN(C)S(=O)(=O)n1c(C#N)nc2cc(OC(F)F)cc(Br)c21. The van der Waals surface area contributed by atoms with E-state index in [1.54, 1.807) is 6.07 Å². The maximum Gasteiger partial charge on any atom is 0.387 e. The fraction of sp³-hybridized carbons (Fsp3) is 0.273. The third-order valence-electron chi connectivity index (χ3n) is 2.66. The first-order valence-corrected chi connectivity index (χ1v) is 7.87. The van der Waals surface area contributed by atoms with E-state index in [9.17, 15) is 17.2 Å². The van der Waals surface area contributed by atoms with E-state index in [1.165, 1.54) is 20.2 Å². The maximum atomic E-state index is 12.3. The highest BCUT2D eigenvalue weighted by molar-refractivity contribution is 9.10. The third kappa shape index (κ3) is 2.77. The molecule has 0 unspecified atom stereocenters. The van der Waals surface area contributed by atoms with E-state index in [0.29, 0.717) is 0 Å². The Morgan fingerprint density at radius 2 is 2.09 bits per heavy atom. The van der Waals surface area contributed by atoms with E-state index in [2.05, 4.69) is 25.7 Å². The Balaban J connectivity index is 2.81. The number of rotatable bonds is 4. The van der Waals surface area contributed by atoms with E-state index < -0.39 is 22.6 Å². The van der Waals surface area contributed by atoms with Crippen molar-refractivity contribution in [3.8, 4) is 11.8 Å². The number of halogens is 3. The predicted octanol–water partition coefficient (Wildman–Crippen LogP) is 1.93. The first kappa shape index (κ1) is 16.6. The molecule has 7 nitrogen and oxygen atoms in total. The molecule has 0 saturated heterocycles. The normalized spacial score (nSPS) is 12.1. The second-order valence-corrected chi connectivity index (χ2v) is 7.10. The van der Waals surface area contributed by atoms with Crippen LogP contribution in [0.4, 0.5) is 8.78 Å².